The van der Waals surface area contributed by atoms with Crippen LogP contribution in [0.1, 0.15) is 16.1 Å². The molecule has 4 rings (SSSR count). The lowest BCUT2D eigenvalue weighted by Crippen LogP contribution is -2.17. The zero-order valence-corrected chi connectivity index (χ0v) is 15.6. The van der Waals surface area contributed by atoms with Crippen LogP contribution in [0, 0.1) is 5.21 Å². The van der Waals surface area contributed by atoms with Crippen molar-refractivity contribution in [2.75, 3.05) is 18.2 Å². The standard InChI is InChI=1S/C20H16N4O2S/c1-23(14-11-7-4-8-12-14)19-17-15(21-20(22-19)27-2)18(25)16(24(17)26)13-9-5-3-6-10-13/h3-12H,1-2H3. The molecule has 0 bridgehead atoms. The Labute approximate surface area is 160 Å². The van der Waals surface area contributed by atoms with Gasteiger partial charge in [-0.25, -0.2) is 4.98 Å². The number of hydrogen-bond donors (Lipinski definition) is 0. The predicted molar refractivity (Wildman–Crippen MR) is 106 cm³/mol. The fourth-order valence-electron chi connectivity index (χ4n) is 3.03. The van der Waals surface area contributed by atoms with Gasteiger partial charge in [-0.1, -0.05) is 48.2 Å². The highest BCUT2D eigenvalue weighted by Gasteiger charge is 2.42. The van der Waals surface area contributed by atoms with Crippen LogP contribution in [0.15, 0.2) is 65.8 Å². The number of anilines is 2. The van der Waals surface area contributed by atoms with Crippen LogP contribution < -0.4 is 4.90 Å². The van der Waals surface area contributed by atoms with E-state index < -0.39 is 0 Å². The molecular weight excluding hydrogens is 360 g/mol. The third-order valence-corrected chi connectivity index (χ3v) is 4.92. The van der Waals surface area contributed by atoms with Gasteiger partial charge < -0.3 is 10.1 Å². The molecule has 0 aliphatic carbocycles. The Morgan fingerprint density at radius 1 is 1.00 bits per heavy atom. The zero-order valence-electron chi connectivity index (χ0n) is 14.8. The average molecular weight is 376 g/mol. The lowest BCUT2D eigenvalue weighted by Gasteiger charge is -2.19. The Morgan fingerprint density at radius 3 is 2.26 bits per heavy atom. The number of hydrogen-bond acceptors (Lipinski definition) is 6. The van der Waals surface area contributed by atoms with E-state index in [4.69, 9.17) is 0 Å². The van der Waals surface area contributed by atoms with Crippen molar-refractivity contribution in [3.63, 3.8) is 0 Å². The maximum atomic E-state index is 13.1. The van der Waals surface area contributed by atoms with Crippen LogP contribution in [-0.4, -0.2) is 39.5 Å². The molecule has 0 unspecified atom stereocenters. The van der Waals surface area contributed by atoms with E-state index >= 15 is 0 Å². The van der Waals surface area contributed by atoms with Crippen LogP contribution in [0.3, 0.4) is 0 Å². The van der Waals surface area contributed by atoms with Crippen molar-refractivity contribution in [1.29, 1.82) is 0 Å². The summed E-state index contributed by atoms with van der Waals surface area (Å²) in [7, 11) is 1.82. The highest BCUT2D eigenvalue weighted by Crippen LogP contribution is 2.38. The topological polar surface area (TPSA) is 72.2 Å². The molecule has 0 spiro atoms. The van der Waals surface area contributed by atoms with Gasteiger partial charge >= 0.3 is 0 Å². The smallest absolute Gasteiger partial charge is 0.290 e. The Morgan fingerprint density at radius 2 is 1.63 bits per heavy atom. The van der Waals surface area contributed by atoms with Gasteiger partial charge in [0.2, 0.25) is 5.82 Å². The van der Waals surface area contributed by atoms with Gasteiger partial charge in [0.25, 0.3) is 17.2 Å². The molecule has 0 amide bonds. The van der Waals surface area contributed by atoms with E-state index in [1.807, 2.05) is 49.7 Å². The van der Waals surface area contributed by atoms with Crippen molar-refractivity contribution >= 4 is 40.4 Å². The first-order valence-corrected chi connectivity index (χ1v) is 9.53. The monoisotopic (exact) mass is 376 g/mol. The summed E-state index contributed by atoms with van der Waals surface area (Å²) < 4.78 is 0.659. The first-order valence-electron chi connectivity index (χ1n) is 8.31. The van der Waals surface area contributed by atoms with E-state index in [2.05, 4.69) is 9.97 Å². The maximum Gasteiger partial charge on any atom is 0.290 e. The molecule has 0 N–H and O–H groups in total. The van der Waals surface area contributed by atoms with Crippen molar-refractivity contribution in [2.45, 2.75) is 5.16 Å². The molecule has 0 atom stereocenters. The number of fused-ring (bicyclic) bond motifs is 1. The normalized spacial score (nSPS) is 13.0. The van der Waals surface area contributed by atoms with E-state index in [9.17, 15) is 10.0 Å². The van der Waals surface area contributed by atoms with Gasteiger partial charge in [0.05, 0.1) is 5.56 Å². The molecule has 6 nitrogen and oxygen atoms in total. The largest absolute Gasteiger partial charge is 0.618 e. The number of thioether (sulfide) groups is 1. The SMILES string of the molecule is CSc1nc2c(c(N(C)c3ccccc3)n1)[N+]([O-])=C(c1ccccc1)C2=O. The van der Waals surface area contributed by atoms with Gasteiger partial charge in [0, 0.05) is 12.7 Å². The van der Waals surface area contributed by atoms with Crippen LogP contribution in [0.2, 0.25) is 0 Å². The molecule has 1 aromatic heterocycles. The van der Waals surface area contributed by atoms with Gasteiger partial charge in [-0.15, -0.1) is 0 Å². The second-order valence-electron chi connectivity index (χ2n) is 5.96. The number of ketones is 1. The van der Waals surface area contributed by atoms with E-state index in [-0.39, 0.29) is 22.9 Å². The fourth-order valence-corrected chi connectivity index (χ4v) is 3.39. The maximum absolute atomic E-state index is 13.1. The Bertz CT molecular complexity index is 1050. The minimum absolute atomic E-state index is 0.0702. The van der Waals surface area contributed by atoms with E-state index in [0.717, 1.165) is 5.69 Å². The molecule has 1 aliphatic rings. The summed E-state index contributed by atoms with van der Waals surface area (Å²) in [5, 5.41) is 13.6. The molecule has 2 heterocycles. The first-order chi connectivity index (χ1) is 13.1. The van der Waals surface area contributed by atoms with Gasteiger partial charge in [0.1, 0.15) is 0 Å². The Balaban J connectivity index is 1.93. The molecule has 1 aliphatic heterocycles. The molecular formula is C20H16N4O2S. The van der Waals surface area contributed by atoms with Crippen LogP contribution in [-0.2, 0) is 0 Å². The van der Waals surface area contributed by atoms with Gasteiger partial charge in [-0.3, -0.25) is 4.79 Å². The van der Waals surface area contributed by atoms with Crippen molar-refractivity contribution in [2.24, 2.45) is 0 Å². The van der Waals surface area contributed by atoms with E-state index in [1.165, 1.54) is 11.8 Å². The summed E-state index contributed by atoms with van der Waals surface area (Å²) >= 11 is 1.33. The average Bonchev–Trinajstić information content (AvgIpc) is 2.98. The van der Waals surface area contributed by atoms with Crippen molar-refractivity contribution in [1.82, 2.24) is 9.97 Å². The molecule has 27 heavy (non-hydrogen) atoms. The van der Waals surface area contributed by atoms with Crippen LogP contribution in [0.4, 0.5) is 17.2 Å². The Kier molecular flexibility index (Phi) is 4.37. The summed E-state index contributed by atoms with van der Waals surface area (Å²) in [6.45, 7) is 0. The summed E-state index contributed by atoms with van der Waals surface area (Å²) in [6.07, 6.45) is 1.84. The number of aromatic nitrogens is 2. The van der Waals surface area contributed by atoms with Crippen LogP contribution >= 0.6 is 11.8 Å². The first kappa shape index (κ1) is 17.2. The quantitative estimate of drug-likeness (QED) is 0.299. The lowest BCUT2D eigenvalue weighted by atomic mass is 10.1. The second kappa shape index (κ2) is 6.85. The van der Waals surface area contributed by atoms with Crippen LogP contribution in [0.5, 0.6) is 0 Å². The molecule has 2 aromatic carbocycles. The third kappa shape index (κ3) is 2.86. The number of carbonyl (C=O) groups is 1. The number of nitrogens with zero attached hydrogens (tertiary/aromatic N) is 4. The molecule has 0 radical (unpaired) electrons. The third-order valence-electron chi connectivity index (χ3n) is 4.37. The highest BCUT2D eigenvalue weighted by molar-refractivity contribution is 7.98. The summed E-state index contributed by atoms with van der Waals surface area (Å²) in [4.78, 5) is 23.6. The van der Waals surface area contributed by atoms with Crippen molar-refractivity contribution < 1.29 is 9.53 Å². The number of benzene rings is 2. The molecule has 0 fully saturated rings. The van der Waals surface area contributed by atoms with Gasteiger partial charge in [-0.2, -0.15) is 9.72 Å². The number of carbonyl (C=O) groups excluding carboxylic acids is 1. The molecule has 0 saturated heterocycles. The summed E-state index contributed by atoms with van der Waals surface area (Å²) in [6, 6.07) is 18.5. The Hall–Kier alpha value is -3.19. The van der Waals surface area contributed by atoms with E-state index in [0.29, 0.717) is 21.3 Å². The molecule has 134 valence electrons. The zero-order chi connectivity index (χ0) is 19.0. The number of Topliss-reactive ketones (excluding diaryl/α,β-unsaturated/α-hetero) is 1. The lowest BCUT2D eigenvalue weighted by molar-refractivity contribution is -0.355. The minimum atomic E-state index is -0.383. The molecule has 7 heteroatoms. The van der Waals surface area contributed by atoms with Crippen molar-refractivity contribution in [3.8, 4) is 0 Å². The predicted octanol–water partition coefficient (Wildman–Crippen LogP) is 3.79. The van der Waals surface area contributed by atoms with Crippen molar-refractivity contribution in [3.05, 3.63) is 77.1 Å². The van der Waals surface area contributed by atoms with Gasteiger partial charge in [0.15, 0.2) is 10.9 Å². The van der Waals surface area contributed by atoms with Gasteiger partial charge in [-0.05, 0) is 30.5 Å². The molecule has 0 saturated carbocycles. The summed E-state index contributed by atoms with van der Waals surface area (Å²) in [5.74, 6) is 0.0245. The number of rotatable bonds is 4. The number of para-hydroxylation sites is 1. The fraction of sp³-hybridized carbons (Fsp3) is 0.100. The minimum Gasteiger partial charge on any atom is -0.618 e. The second-order valence-corrected chi connectivity index (χ2v) is 6.74. The summed E-state index contributed by atoms with van der Waals surface area (Å²) in [5.41, 5.74) is 1.82. The highest BCUT2D eigenvalue weighted by atomic mass is 32.2. The van der Waals surface area contributed by atoms with Crippen LogP contribution in [0.25, 0.3) is 0 Å². The van der Waals surface area contributed by atoms with E-state index in [1.54, 1.807) is 29.2 Å². The molecule has 3 aromatic rings.